The standard InChI is InChI=1S/C13H11N5O3/c1-8-2-3-18-11(4-8)14-9(5-12(18)19)6-17-7-10(13(20)21)15-16-17/h2-5,7H,6H2,1H3,(H,20,21). The zero-order valence-corrected chi connectivity index (χ0v) is 11.1. The second-order valence-corrected chi connectivity index (χ2v) is 4.62. The Kier molecular flexibility index (Phi) is 2.98. The molecule has 0 aliphatic carbocycles. The normalized spacial score (nSPS) is 10.9. The third-order valence-electron chi connectivity index (χ3n) is 2.96. The third kappa shape index (κ3) is 2.50. The van der Waals surface area contributed by atoms with E-state index in [1.807, 2.05) is 13.0 Å². The average Bonchev–Trinajstić information content (AvgIpc) is 2.86. The lowest BCUT2D eigenvalue weighted by atomic mass is 10.3. The fourth-order valence-corrected chi connectivity index (χ4v) is 1.97. The van der Waals surface area contributed by atoms with E-state index in [9.17, 15) is 9.59 Å². The second-order valence-electron chi connectivity index (χ2n) is 4.62. The summed E-state index contributed by atoms with van der Waals surface area (Å²) in [5.74, 6) is -1.15. The molecule has 0 aromatic carbocycles. The van der Waals surface area contributed by atoms with Crippen LogP contribution in [0.2, 0.25) is 0 Å². The van der Waals surface area contributed by atoms with E-state index in [-0.39, 0.29) is 17.8 Å². The molecule has 3 heterocycles. The number of hydrogen-bond acceptors (Lipinski definition) is 5. The Hall–Kier alpha value is -3.03. The minimum absolute atomic E-state index is 0.150. The number of aromatic nitrogens is 5. The Morgan fingerprint density at radius 2 is 2.19 bits per heavy atom. The summed E-state index contributed by atoms with van der Waals surface area (Å²) in [6.07, 6.45) is 2.96. The van der Waals surface area contributed by atoms with Crippen LogP contribution in [0.3, 0.4) is 0 Å². The highest BCUT2D eigenvalue weighted by Crippen LogP contribution is 2.04. The summed E-state index contributed by atoms with van der Waals surface area (Å²) in [5, 5.41) is 16.0. The summed E-state index contributed by atoms with van der Waals surface area (Å²) in [4.78, 5) is 27.1. The number of fused-ring (bicyclic) bond motifs is 1. The fourth-order valence-electron chi connectivity index (χ4n) is 1.97. The van der Waals surface area contributed by atoms with Crippen molar-refractivity contribution >= 4 is 11.6 Å². The molecule has 106 valence electrons. The number of pyridine rings is 1. The molecule has 0 atom stereocenters. The molecule has 0 saturated carbocycles. The first kappa shape index (κ1) is 13.0. The van der Waals surface area contributed by atoms with Gasteiger partial charge >= 0.3 is 5.97 Å². The largest absolute Gasteiger partial charge is 0.476 e. The highest BCUT2D eigenvalue weighted by atomic mass is 16.4. The van der Waals surface area contributed by atoms with Gasteiger partial charge in [-0.15, -0.1) is 5.10 Å². The molecule has 0 aliphatic rings. The van der Waals surface area contributed by atoms with Gasteiger partial charge < -0.3 is 5.11 Å². The molecule has 0 bridgehead atoms. The molecule has 3 aromatic heterocycles. The summed E-state index contributed by atoms with van der Waals surface area (Å²) >= 11 is 0. The maximum absolute atomic E-state index is 12.0. The number of aromatic carboxylic acids is 1. The highest BCUT2D eigenvalue weighted by molar-refractivity contribution is 5.84. The zero-order valence-electron chi connectivity index (χ0n) is 11.1. The number of carboxylic acids is 1. The van der Waals surface area contributed by atoms with Gasteiger partial charge in [-0.1, -0.05) is 5.21 Å². The first-order valence-electron chi connectivity index (χ1n) is 6.15. The summed E-state index contributed by atoms with van der Waals surface area (Å²) in [7, 11) is 0. The Labute approximate surface area is 118 Å². The molecular weight excluding hydrogens is 274 g/mol. The molecule has 8 heteroatoms. The first-order valence-corrected chi connectivity index (χ1v) is 6.15. The number of nitrogens with zero attached hydrogens (tertiary/aromatic N) is 5. The van der Waals surface area contributed by atoms with Gasteiger partial charge in [0, 0.05) is 12.3 Å². The van der Waals surface area contributed by atoms with Crippen LogP contribution >= 0.6 is 0 Å². The van der Waals surface area contributed by atoms with Crippen molar-refractivity contribution in [2.75, 3.05) is 0 Å². The van der Waals surface area contributed by atoms with Crippen LogP contribution in [-0.4, -0.2) is 35.5 Å². The summed E-state index contributed by atoms with van der Waals surface area (Å²) < 4.78 is 2.78. The van der Waals surface area contributed by atoms with Crippen molar-refractivity contribution in [2.45, 2.75) is 13.5 Å². The maximum atomic E-state index is 12.0. The van der Waals surface area contributed by atoms with Crippen LogP contribution in [0, 0.1) is 6.92 Å². The second kappa shape index (κ2) is 4.82. The number of carbonyl (C=O) groups is 1. The van der Waals surface area contributed by atoms with Crippen LogP contribution in [-0.2, 0) is 6.54 Å². The summed E-state index contributed by atoms with van der Waals surface area (Å²) in [5.41, 5.74) is 1.67. The summed E-state index contributed by atoms with van der Waals surface area (Å²) in [6, 6.07) is 5.02. The number of hydrogen-bond donors (Lipinski definition) is 1. The van der Waals surface area contributed by atoms with Gasteiger partial charge in [0.1, 0.15) is 5.65 Å². The first-order chi connectivity index (χ1) is 10.0. The van der Waals surface area contributed by atoms with Gasteiger partial charge in [-0.2, -0.15) is 0 Å². The van der Waals surface area contributed by atoms with Gasteiger partial charge in [0.05, 0.1) is 18.4 Å². The van der Waals surface area contributed by atoms with Gasteiger partial charge in [-0.05, 0) is 24.6 Å². The van der Waals surface area contributed by atoms with Crippen molar-refractivity contribution < 1.29 is 9.90 Å². The third-order valence-corrected chi connectivity index (χ3v) is 2.96. The monoisotopic (exact) mass is 285 g/mol. The van der Waals surface area contributed by atoms with Gasteiger partial charge in [0.15, 0.2) is 5.69 Å². The Balaban J connectivity index is 2.00. The molecule has 3 rings (SSSR count). The fraction of sp³-hybridized carbons (Fsp3) is 0.154. The van der Waals surface area contributed by atoms with Crippen LogP contribution in [0.25, 0.3) is 5.65 Å². The SMILES string of the molecule is Cc1ccn2c(=O)cc(Cn3cc(C(=O)O)nn3)nc2c1. The predicted octanol–water partition coefficient (Wildman–Crippen LogP) is 0.341. The van der Waals surface area contributed by atoms with Gasteiger partial charge in [-0.25, -0.2) is 14.5 Å². The lowest BCUT2D eigenvalue weighted by Crippen LogP contribution is -2.17. The molecular formula is C13H11N5O3. The lowest BCUT2D eigenvalue weighted by Gasteiger charge is -2.04. The Morgan fingerprint density at radius 3 is 2.90 bits per heavy atom. The van der Waals surface area contributed by atoms with E-state index in [1.54, 1.807) is 12.3 Å². The van der Waals surface area contributed by atoms with E-state index in [1.165, 1.54) is 21.3 Å². The number of carboxylic acid groups (broad SMARTS) is 1. The minimum Gasteiger partial charge on any atom is -0.476 e. The minimum atomic E-state index is -1.15. The van der Waals surface area contributed by atoms with Crippen molar-refractivity contribution in [2.24, 2.45) is 0 Å². The van der Waals surface area contributed by atoms with Crippen LogP contribution in [0.4, 0.5) is 0 Å². The topological polar surface area (TPSA) is 102 Å². The number of aryl methyl sites for hydroxylation is 1. The molecule has 3 aromatic rings. The van der Waals surface area contributed by atoms with Crippen LogP contribution in [0.1, 0.15) is 21.7 Å². The van der Waals surface area contributed by atoms with Crippen molar-refractivity contribution in [3.63, 3.8) is 0 Å². The lowest BCUT2D eigenvalue weighted by molar-refractivity contribution is 0.0690. The molecule has 0 fully saturated rings. The van der Waals surface area contributed by atoms with Gasteiger partial charge in [0.2, 0.25) is 0 Å². The number of rotatable bonds is 3. The van der Waals surface area contributed by atoms with Crippen molar-refractivity contribution in [1.29, 1.82) is 0 Å². The van der Waals surface area contributed by atoms with Gasteiger partial charge in [0.25, 0.3) is 5.56 Å². The molecule has 0 radical (unpaired) electrons. The zero-order chi connectivity index (χ0) is 15.0. The Morgan fingerprint density at radius 1 is 1.38 bits per heavy atom. The molecule has 0 amide bonds. The molecule has 1 N–H and O–H groups in total. The van der Waals surface area contributed by atoms with Crippen LogP contribution < -0.4 is 5.56 Å². The van der Waals surface area contributed by atoms with E-state index >= 15 is 0 Å². The van der Waals surface area contributed by atoms with E-state index in [4.69, 9.17) is 5.11 Å². The molecule has 8 nitrogen and oxygen atoms in total. The Bertz CT molecular complexity index is 896. The summed E-state index contributed by atoms with van der Waals surface area (Å²) in [6.45, 7) is 2.09. The highest BCUT2D eigenvalue weighted by Gasteiger charge is 2.09. The molecule has 21 heavy (non-hydrogen) atoms. The van der Waals surface area contributed by atoms with E-state index in [0.717, 1.165) is 5.56 Å². The molecule has 0 unspecified atom stereocenters. The predicted molar refractivity (Wildman–Crippen MR) is 72.3 cm³/mol. The van der Waals surface area contributed by atoms with Crippen molar-refractivity contribution in [3.05, 3.63) is 57.9 Å². The molecule has 0 spiro atoms. The van der Waals surface area contributed by atoms with Crippen molar-refractivity contribution in [1.82, 2.24) is 24.4 Å². The van der Waals surface area contributed by atoms with E-state index in [2.05, 4.69) is 15.3 Å². The quantitative estimate of drug-likeness (QED) is 0.744. The molecule has 0 aliphatic heterocycles. The smallest absolute Gasteiger partial charge is 0.358 e. The van der Waals surface area contributed by atoms with Crippen LogP contribution in [0.5, 0.6) is 0 Å². The van der Waals surface area contributed by atoms with Crippen molar-refractivity contribution in [3.8, 4) is 0 Å². The van der Waals surface area contributed by atoms with Gasteiger partial charge in [-0.3, -0.25) is 9.20 Å². The van der Waals surface area contributed by atoms with Crippen LogP contribution in [0.15, 0.2) is 35.4 Å². The molecule has 0 saturated heterocycles. The maximum Gasteiger partial charge on any atom is 0.358 e. The van der Waals surface area contributed by atoms with E-state index in [0.29, 0.717) is 11.3 Å². The van der Waals surface area contributed by atoms with E-state index < -0.39 is 5.97 Å². The average molecular weight is 285 g/mol.